The van der Waals surface area contributed by atoms with Gasteiger partial charge < -0.3 is 14.8 Å². The van der Waals surface area contributed by atoms with Gasteiger partial charge in [0.05, 0.1) is 13.5 Å². The van der Waals surface area contributed by atoms with Crippen LogP contribution < -0.4 is 10.1 Å². The van der Waals surface area contributed by atoms with Crippen molar-refractivity contribution in [1.82, 2.24) is 20.4 Å². The maximum absolute atomic E-state index is 13.0. The third-order valence-corrected chi connectivity index (χ3v) is 7.56. The van der Waals surface area contributed by atoms with E-state index in [-0.39, 0.29) is 30.5 Å². The van der Waals surface area contributed by atoms with Gasteiger partial charge in [0.1, 0.15) is 40.0 Å². The summed E-state index contributed by atoms with van der Waals surface area (Å²) >= 11 is 8.54. The van der Waals surface area contributed by atoms with Crippen LogP contribution in [-0.4, -0.2) is 51.4 Å². The number of amides is 2. The number of halogens is 1. The monoisotopic (exact) mass is 506 g/mol. The van der Waals surface area contributed by atoms with Gasteiger partial charge in [0.25, 0.3) is 5.91 Å². The Balaban J connectivity index is 1.46. The number of carbonyl (C=O) groups is 3. The summed E-state index contributed by atoms with van der Waals surface area (Å²) in [6, 6.07) is 6.32. The quantitative estimate of drug-likeness (QED) is 0.450. The lowest BCUT2D eigenvalue weighted by Gasteiger charge is -2.49. The van der Waals surface area contributed by atoms with E-state index in [0.717, 1.165) is 5.56 Å². The minimum atomic E-state index is -0.792. The number of rotatable bonds is 7. The molecule has 2 aliphatic rings. The van der Waals surface area contributed by atoms with Crippen LogP contribution in [0.25, 0.3) is 0 Å². The number of fused-ring (bicyclic) bond motifs is 1. The van der Waals surface area contributed by atoms with Crippen LogP contribution in [0.15, 0.2) is 51.5 Å². The first-order chi connectivity index (χ1) is 15.9. The zero-order valence-electron chi connectivity index (χ0n) is 17.6. The first-order valence-corrected chi connectivity index (χ1v) is 12.0. The van der Waals surface area contributed by atoms with Crippen molar-refractivity contribution in [3.63, 3.8) is 0 Å². The molecule has 1 unspecified atom stereocenters. The van der Waals surface area contributed by atoms with E-state index in [2.05, 4.69) is 15.5 Å². The van der Waals surface area contributed by atoms with Crippen LogP contribution in [0.5, 0.6) is 5.75 Å². The van der Waals surface area contributed by atoms with Crippen molar-refractivity contribution in [2.45, 2.75) is 31.4 Å². The number of hydrogen-bond donors (Lipinski definition) is 1. The van der Waals surface area contributed by atoms with Crippen molar-refractivity contribution in [3.8, 4) is 5.75 Å². The number of methoxy groups -OCH3 is 1. The number of allylic oxidation sites excluding steroid dienone is 1. The van der Waals surface area contributed by atoms with Crippen LogP contribution in [0.3, 0.4) is 0 Å². The third kappa shape index (κ3) is 4.75. The molecule has 12 heteroatoms. The summed E-state index contributed by atoms with van der Waals surface area (Å²) in [7, 11) is 1.57. The van der Waals surface area contributed by atoms with Crippen molar-refractivity contribution in [1.29, 1.82) is 0 Å². The summed E-state index contributed by atoms with van der Waals surface area (Å²) in [4.78, 5) is 40.2. The SMILES string of the molecule is COc1ccc(COC(=O)C2=C(C)/C(=C/Cl)S[C@@H]3C(NC(=O)Cc4nncs4)C(=O)N23)cc1. The summed E-state index contributed by atoms with van der Waals surface area (Å²) in [5.74, 6) is -0.686. The highest BCUT2D eigenvalue weighted by molar-refractivity contribution is 8.04. The Labute approximate surface area is 202 Å². The van der Waals surface area contributed by atoms with E-state index in [1.165, 1.54) is 39.0 Å². The second-order valence-electron chi connectivity index (χ2n) is 7.14. The number of aromatic nitrogens is 2. The van der Waals surface area contributed by atoms with E-state index in [1.807, 2.05) is 0 Å². The summed E-state index contributed by atoms with van der Waals surface area (Å²) in [6.07, 6.45) is 0.0235. The largest absolute Gasteiger partial charge is 0.497 e. The van der Waals surface area contributed by atoms with Crippen molar-refractivity contribution in [3.05, 3.63) is 62.1 Å². The van der Waals surface area contributed by atoms with Crippen molar-refractivity contribution in [2.75, 3.05) is 7.11 Å². The van der Waals surface area contributed by atoms with Gasteiger partial charge in [-0.05, 0) is 30.2 Å². The predicted octanol–water partition coefficient (Wildman–Crippen LogP) is 2.59. The zero-order chi connectivity index (χ0) is 23.5. The number of ether oxygens (including phenoxy) is 2. The normalized spacial score (nSPS) is 20.9. The topological polar surface area (TPSA) is 111 Å². The molecule has 9 nitrogen and oxygen atoms in total. The number of nitrogens with one attached hydrogen (secondary N) is 1. The van der Waals surface area contributed by atoms with Gasteiger partial charge in [-0.15, -0.1) is 21.5 Å². The van der Waals surface area contributed by atoms with Crippen LogP contribution in [0, 0.1) is 0 Å². The average molecular weight is 507 g/mol. The highest BCUT2D eigenvalue weighted by atomic mass is 35.5. The van der Waals surface area contributed by atoms with Gasteiger partial charge in [-0.3, -0.25) is 14.5 Å². The van der Waals surface area contributed by atoms with Crippen LogP contribution in [-0.2, 0) is 32.1 Å². The third-order valence-electron chi connectivity index (χ3n) is 5.11. The molecular formula is C21H19ClN4O5S2. The molecule has 1 aromatic carbocycles. The Morgan fingerprint density at radius 2 is 2.06 bits per heavy atom. The fourth-order valence-electron chi connectivity index (χ4n) is 3.40. The molecule has 3 heterocycles. The molecule has 0 aliphatic carbocycles. The number of benzene rings is 1. The molecule has 1 fully saturated rings. The molecule has 2 aliphatic heterocycles. The first-order valence-electron chi connectivity index (χ1n) is 9.78. The number of thioether (sulfide) groups is 1. The lowest BCUT2D eigenvalue weighted by Crippen LogP contribution is -2.70. The van der Waals surface area contributed by atoms with Crippen molar-refractivity contribution in [2.24, 2.45) is 0 Å². The molecule has 172 valence electrons. The molecular weight excluding hydrogens is 488 g/mol. The van der Waals surface area contributed by atoms with Gasteiger partial charge in [-0.25, -0.2) is 4.79 Å². The molecule has 0 spiro atoms. The second-order valence-corrected chi connectivity index (χ2v) is 9.44. The van der Waals surface area contributed by atoms with Crippen LogP contribution in [0.4, 0.5) is 0 Å². The molecule has 33 heavy (non-hydrogen) atoms. The Kier molecular flexibility index (Phi) is 7.01. The smallest absolute Gasteiger partial charge is 0.355 e. The first kappa shape index (κ1) is 23.3. The van der Waals surface area contributed by atoms with Gasteiger partial charge >= 0.3 is 5.97 Å². The van der Waals surface area contributed by atoms with Gasteiger partial charge in [0.2, 0.25) is 5.91 Å². The maximum atomic E-state index is 13.0. The summed E-state index contributed by atoms with van der Waals surface area (Å²) in [5, 5.41) is 10.3. The molecule has 1 N–H and O–H groups in total. The van der Waals surface area contributed by atoms with Crippen LogP contribution >= 0.6 is 34.7 Å². The van der Waals surface area contributed by atoms with E-state index in [4.69, 9.17) is 21.1 Å². The second kappa shape index (κ2) is 9.94. The molecule has 0 saturated carbocycles. The van der Waals surface area contributed by atoms with Gasteiger partial charge in [-0.2, -0.15) is 0 Å². The standard InChI is InChI=1S/C21H19ClN4O5S2/c1-11-14(8-22)33-20-17(24-15(27)7-16-25-23-10-32-16)19(28)26(20)18(11)21(29)31-9-12-3-5-13(30-2)6-4-12/h3-6,8,10,17,20H,7,9H2,1-2H3,(H,24,27)/b14-8-/t17?,20-/m1/s1. The Bertz CT molecular complexity index is 1130. The zero-order valence-corrected chi connectivity index (χ0v) is 20.0. The van der Waals surface area contributed by atoms with Gasteiger partial charge in [0, 0.05) is 10.4 Å². The lowest BCUT2D eigenvalue weighted by molar-refractivity contribution is -0.153. The van der Waals surface area contributed by atoms with Gasteiger partial charge in [-0.1, -0.05) is 35.5 Å². The van der Waals surface area contributed by atoms with E-state index < -0.39 is 17.4 Å². The summed E-state index contributed by atoms with van der Waals surface area (Å²) in [6.45, 7) is 1.73. The number of β-lactam (4-membered cyclic amide) rings is 1. The number of hydrogen-bond acceptors (Lipinski definition) is 9. The van der Waals surface area contributed by atoms with Crippen molar-refractivity contribution >= 4 is 52.5 Å². The summed E-state index contributed by atoms with van der Waals surface area (Å²) in [5.41, 5.74) is 4.33. The fraction of sp³-hybridized carbons (Fsp3) is 0.286. The van der Waals surface area contributed by atoms with Crippen molar-refractivity contribution < 1.29 is 23.9 Å². The van der Waals surface area contributed by atoms with E-state index in [1.54, 1.807) is 38.3 Å². The Hall–Kier alpha value is -2.89. The molecule has 1 aromatic heterocycles. The number of esters is 1. The highest BCUT2D eigenvalue weighted by Gasteiger charge is 2.55. The highest BCUT2D eigenvalue weighted by Crippen LogP contribution is 2.46. The molecule has 4 rings (SSSR count). The molecule has 2 amide bonds. The number of nitrogens with zero attached hydrogens (tertiary/aromatic N) is 3. The average Bonchev–Trinajstić information content (AvgIpc) is 3.34. The van der Waals surface area contributed by atoms with Crippen LogP contribution in [0.1, 0.15) is 17.5 Å². The van der Waals surface area contributed by atoms with E-state index in [0.29, 0.717) is 21.2 Å². The maximum Gasteiger partial charge on any atom is 0.355 e. The Morgan fingerprint density at radius 3 is 2.70 bits per heavy atom. The van der Waals surface area contributed by atoms with E-state index >= 15 is 0 Å². The fourth-order valence-corrected chi connectivity index (χ4v) is 5.47. The molecule has 0 radical (unpaired) electrons. The predicted molar refractivity (Wildman–Crippen MR) is 123 cm³/mol. The molecule has 0 bridgehead atoms. The molecule has 2 atom stereocenters. The minimum Gasteiger partial charge on any atom is -0.497 e. The van der Waals surface area contributed by atoms with Gasteiger partial charge in [0.15, 0.2) is 0 Å². The minimum absolute atomic E-state index is 0.0235. The number of carbonyl (C=O) groups excluding carboxylic acids is 3. The Morgan fingerprint density at radius 1 is 1.30 bits per heavy atom. The molecule has 1 saturated heterocycles. The molecule has 2 aromatic rings. The van der Waals surface area contributed by atoms with Crippen LogP contribution in [0.2, 0.25) is 0 Å². The summed E-state index contributed by atoms with van der Waals surface area (Å²) < 4.78 is 10.6. The van der Waals surface area contributed by atoms with E-state index in [9.17, 15) is 14.4 Å². The lowest BCUT2D eigenvalue weighted by atomic mass is 10.0.